The van der Waals surface area contributed by atoms with Gasteiger partial charge in [0.25, 0.3) is 0 Å². The number of hydrogen-bond donors (Lipinski definition) is 2. The van der Waals surface area contributed by atoms with E-state index in [4.69, 9.17) is 20.2 Å². The van der Waals surface area contributed by atoms with Crippen LogP contribution in [-0.2, 0) is 17.9 Å². The van der Waals surface area contributed by atoms with E-state index in [2.05, 4.69) is 23.3 Å². The van der Waals surface area contributed by atoms with Crippen molar-refractivity contribution in [2.24, 2.45) is 10.7 Å². The lowest BCUT2D eigenvalue weighted by Gasteiger charge is -2.17. The highest BCUT2D eigenvalue weighted by Crippen LogP contribution is 2.35. The Morgan fingerprint density at radius 1 is 1.03 bits per heavy atom. The summed E-state index contributed by atoms with van der Waals surface area (Å²) >= 11 is 0. The van der Waals surface area contributed by atoms with E-state index >= 15 is 0 Å². The fourth-order valence-electron chi connectivity index (χ4n) is 4.49. The molecule has 0 aromatic heterocycles. The Hall–Kier alpha value is -4.17. The minimum atomic E-state index is -0.530. The molecule has 3 aromatic rings. The predicted octanol–water partition coefficient (Wildman–Crippen LogP) is 3.97. The maximum absolute atomic E-state index is 12.6. The molecule has 3 N–H and O–H groups in total. The number of nitrogens with zero attached hydrogens (tertiary/aromatic N) is 2. The second-order valence-electron chi connectivity index (χ2n) is 8.87. The minimum absolute atomic E-state index is 0.162. The molecule has 2 aliphatic rings. The van der Waals surface area contributed by atoms with Crippen molar-refractivity contribution in [3.05, 3.63) is 82.9 Å². The number of carbonyl (C=O) groups excluding carboxylic acids is 2. The molecule has 0 spiro atoms. The molecule has 2 heterocycles. The first-order chi connectivity index (χ1) is 16.9. The van der Waals surface area contributed by atoms with Crippen LogP contribution in [0.3, 0.4) is 0 Å². The van der Waals surface area contributed by atoms with Crippen LogP contribution in [0.15, 0.2) is 65.7 Å². The van der Waals surface area contributed by atoms with E-state index in [0.29, 0.717) is 17.0 Å². The van der Waals surface area contributed by atoms with Crippen LogP contribution in [0.1, 0.15) is 39.9 Å². The van der Waals surface area contributed by atoms with E-state index in [-0.39, 0.29) is 12.7 Å². The molecular formula is C27H26N4O4. The Labute approximate surface area is 203 Å². The molecule has 0 saturated heterocycles. The first kappa shape index (κ1) is 22.6. The fourth-order valence-corrected chi connectivity index (χ4v) is 4.49. The molecular weight excluding hydrogens is 444 g/mol. The lowest BCUT2D eigenvalue weighted by Crippen LogP contribution is -2.18. The zero-order valence-corrected chi connectivity index (χ0v) is 19.6. The average Bonchev–Trinajstić information content (AvgIpc) is 3.42. The quantitative estimate of drug-likeness (QED) is 0.508. The predicted molar refractivity (Wildman–Crippen MR) is 133 cm³/mol. The Bertz CT molecular complexity index is 1330. The van der Waals surface area contributed by atoms with Crippen LogP contribution < -0.4 is 20.5 Å². The van der Waals surface area contributed by atoms with Gasteiger partial charge < -0.3 is 20.5 Å². The van der Waals surface area contributed by atoms with E-state index in [9.17, 15) is 9.59 Å². The third-order valence-electron chi connectivity index (χ3n) is 6.17. The number of ether oxygens (including phenoxy) is 2. The summed E-state index contributed by atoms with van der Waals surface area (Å²) in [6.07, 6.45) is 0. The third-order valence-corrected chi connectivity index (χ3v) is 6.17. The maximum atomic E-state index is 12.6. The van der Waals surface area contributed by atoms with E-state index < -0.39 is 11.8 Å². The second-order valence-corrected chi connectivity index (χ2v) is 8.87. The standard InChI is InChI=1S/C27H26N4O4/c1-16(25-21-9-6-19(26(28)32)12-22(21)30-27(25)33)29-20-7-3-17(4-8-20)13-31(2)14-18-5-10-23-24(11-18)35-15-34-23/h3-12,25H,13-15H2,1-2H3,(H2,28,32)(H,30,33). The van der Waals surface area contributed by atoms with Gasteiger partial charge in [-0.15, -0.1) is 0 Å². The van der Waals surface area contributed by atoms with Crippen LogP contribution in [0.4, 0.5) is 11.4 Å². The zero-order chi connectivity index (χ0) is 24.5. The number of fused-ring (bicyclic) bond motifs is 2. The van der Waals surface area contributed by atoms with Gasteiger partial charge in [0.15, 0.2) is 11.5 Å². The van der Waals surface area contributed by atoms with E-state index in [1.165, 1.54) is 0 Å². The second kappa shape index (κ2) is 9.23. The molecule has 0 saturated carbocycles. The van der Waals surface area contributed by atoms with Gasteiger partial charge >= 0.3 is 0 Å². The van der Waals surface area contributed by atoms with Gasteiger partial charge in [0.2, 0.25) is 18.6 Å². The number of aliphatic imine (C=N–C) groups is 1. The van der Waals surface area contributed by atoms with Crippen molar-refractivity contribution >= 4 is 28.9 Å². The van der Waals surface area contributed by atoms with Crippen molar-refractivity contribution in [2.45, 2.75) is 25.9 Å². The van der Waals surface area contributed by atoms with Crippen LogP contribution in [0.2, 0.25) is 0 Å². The number of amides is 2. The number of nitrogens with one attached hydrogen (secondary N) is 1. The van der Waals surface area contributed by atoms with Gasteiger partial charge in [-0.25, -0.2) is 0 Å². The summed E-state index contributed by atoms with van der Waals surface area (Å²) in [7, 11) is 2.07. The average molecular weight is 471 g/mol. The van der Waals surface area contributed by atoms with Crippen LogP contribution in [-0.4, -0.2) is 36.3 Å². The molecule has 0 fully saturated rings. The minimum Gasteiger partial charge on any atom is -0.454 e. The number of primary amides is 1. The van der Waals surface area contributed by atoms with Crippen molar-refractivity contribution < 1.29 is 19.1 Å². The first-order valence-corrected chi connectivity index (χ1v) is 11.3. The van der Waals surface area contributed by atoms with E-state index in [0.717, 1.165) is 47.0 Å². The van der Waals surface area contributed by atoms with Gasteiger partial charge in [0.1, 0.15) is 5.92 Å². The Morgan fingerprint density at radius 3 is 2.51 bits per heavy atom. The lowest BCUT2D eigenvalue weighted by atomic mass is 9.95. The molecule has 178 valence electrons. The van der Waals surface area contributed by atoms with Crippen molar-refractivity contribution in [2.75, 3.05) is 19.2 Å². The molecule has 35 heavy (non-hydrogen) atoms. The lowest BCUT2D eigenvalue weighted by molar-refractivity contribution is -0.115. The van der Waals surface area contributed by atoms with Crippen molar-refractivity contribution in [1.82, 2.24) is 4.90 Å². The summed E-state index contributed by atoms with van der Waals surface area (Å²) in [5, 5.41) is 2.83. The topological polar surface area (TPSA) is 106 Å². The van der Waals surface area contributed by atoms with Gasteiger partial charge in [-0.1, -0.05) is 24.3 Å². The molecule has 8 heteroatoms. The van der Waals surface area contributed by atoms with Crippen LogP contribution in [0, 0.1) is 0 Å². The Balaban J connectivity index is 1.25. The highest BCUT2D eigenvalue weighted by molar-refractivity contribution is 6.18. The highest BCUT2D eigenvalue weighted by atomic mass is 16.7. The smallest absolute Gasteiger partial charge is 0.248 e. The van der Waals surface area contributed by atoms with Gasteiger partial charge in [-0.3, -0.25) is 19.5 Å². The van der Waals surface area contributed by atoms with Crippen LogP contribution in [0.5, 0.6) is 11.5 Å². The fraction of sp³-hybridized carbons (Fsp3) is 0.222. The summed E-state index contributed by atoms with van der Waals surface area (Å²) in [5.74, 6) is 0.388. The molecule has 0 radical (unpaired) electrons. The monoisotopic (exact) mass is 470 g/mol. The summed E-state index contributed by atoms with van der Waals surface area (Å²) in [5.41, 5.74) is 10.9. The number of carbonyl (C=O) groups is 2. The van der Waals surface area contributed by atoms with Crippen LogP contribution in [0.25, 0.3) is 0 Å². The molecule has 2 amide bonds. The molecule has 1 unspecified atom stereocenters. The van der Waals surface area contributed by atoms with Gasteiger partial charge in [-0.2, -0.15) is 0 Å². The number of benzene rings is 3. The SMILES string of the molecule is CC(=Nc1ccc(CN(C)Cc2ccc3c(c2)OCO3)cc1)C1C(=O)Nc2cc(C(N)=O)ccc21. The molecule has 2 aliphatic heterocycles. The molecule has 0 bridgehead atoms. The number of hydrogen-bond acceptors (Lipinski definition) is 6. The summed E-state index contributed by atoms with van der Waals surface area (Å²) in [4.78, 5) is 31.0. The van der Waals surface area contributed by atoms with Crippen molar-refractivity contribution in [3.8, 4) is 11.5 Å². The summed E-state index contributed by atoms with van der Waals surface area (Å²) < 4.78 is 10.8. The normalized spacial score (nSPS) is 16.4. The van der Waals surface area contributed by atoms with Gasteiger partial charge in [0.05, 0.1) is 5.69 Å². The molecule has 8 nitrogen and oxygen atoms in total. The summed E-state index contributed by atoms with van der Waals surface area (Å²) in [6.45, 7) is 3.67. The molecule has 3 aromatic carbocycles. The largest absolute Gasteiger partial charge is 0.454 e. The summed E-state index contributed by atoms with van der Waals surface area (Å²) in [6, 6.07) is 19.0. The van der Waals surface area contributed by atoms with Crippen molar-refractivity contribution in [3.63, 3.8) is 0 Å². The molecule has 0 aliphatic carbocycles. The van der Waals surface area contributed by atoms with Crippen molar-refractivity contribution in [1.29, 1.82) is 0 Å². The van der Waals surface area contributed by atoms with E-state index in [1.54, 1.807) is 18.2 Å². The number of rotatable bonds is 7. The zero-order valence-electron chi connectivity index (χ0n) is 19.6. The Kier molecular flexibility index (Phi) is 5.96. The highest BCUT2D eigenvalue weighted by Gasteiger charge is 2.33. The van der Waals surface area contributed by atoms with E-state index in [1.807, 2.05) is 43.3 Å². The first-order valence-electron chi connectivity index (χ1n) is 11.3. The molecule has 5 rings (SSSR count). The number of anilines is 1. The number of nitrogens with two attached hydrogens (primary N) is 1. The maximum Gasteiger partial charge on any atom is 0.248 e. The molecule has 1 atom stereocenters. The van der Waals surface area contributed by atoms with Crippen LogP contribution >= 0.6 is 0 Å². The third kappa shape index (κ3) is 4.74. The van der Waals surface area contributed by atoms with Gasteiger partial charge in [-0.05, 0) is 67.1 Å². The Morgan fingerprint density at radius 2 is 1.74 bits per heavy atom. The van der Waals surface area contributed by atoms with Gasteiger partial charge in [0, 0.05) is 30.1 Å².